The van der Waals surface area contributed by atoms with Crippen molar-refractivity contribution >= 4 is 152 Å². The predicted molar refractivity (Wildman–Crippen MR) is 582 cm³/mol. The standard InChI is InChI=1S/C67H42N4O.C64H38N4O/c1-67(2)55-25-13-10-22-49(55)50-35-33-43(37-56(50)67)66-70-64(40-16-4-3-5-17-40)69-65(71-66)41-30-28-39(29-31-41)63-54-38-59-62(52-24-12-15-27-58(52)72-59)60(61(54)51-23-11-14-26-57(51)68-63)42-32-34-48-46-20-7-6-18-44(46)45-19-8-9-21-47(45)53(48)36-42;1-3-15-39(16-4-1)40-27-31-43(32-28-40)63-66-62(42-17-5-2-6-18-42)67-64(68-63)44-33-29-41(30-34-44)61-54-38-57-60(52-24-12-14-26-56(52)69-57)58(59(54)51-23-11-13-25-55(51)65-61)45-35-36-50-48-21-8-7-19-46(48)47-20-9-10-22-49(47)53(50)37-45/h3-38H,1-2H3;1-38H. The fraction of sp³-hybridized carbons (Fsp3) is 0.0229. The highest BCUT2D eigenvalue weighted by Crippen LogP contribution is 2.54. The molecule has 141 heavy (non-hydrogen) atoms. The van der Waals surface area contributed by atoms with Crippen LogP contribution in [0.1, 0.15) is 25.0 Å². The van der Waals surface area contributed by atoms with Crippen LogP contribution in [0.2, 0.25) is 0 Å². The van der Waals surface area contributed by atoms with Crippen LogP contribution in [-0.4, -0.2) is 39.9 Å². The second-order valence-corrected chi connectivity index (χ2v) is 37.3. The second-order valence-electron chi connectivity index (χ2n) is 37.3. The first-order valence-electron chi connectivity index (χ1n) is 47.9. The molecule has 0 saturated heterocycles. The van der Waals surface area contributed by atoms with Crippen LogP contribution < -0.4 is 0 Å². The van der Waals surface area contributed by atoms with Gasteiger partial charge in [0.15, 0.2) is 34.9 Å². The average molecular weight is 1800 g/mol. The first-order chi connectivity index (χ1) is 69.6. The molecule has 0 N–H and O–H groups in total. The third kappa shape index (κ3) is 13.2. The van der Waals surface area contributed by atoms with Gasteiger partial charge in [-0.15, -0.1) is 0 Å². The zero-order valence-electron chi connectivity index (χ0n) is 76.6. The number of benzene rings is 22. The Morgan fingerprint density at radius 3 is 0.844 bits per heavy atom. The average Bonchev–Trinajstić information content (AvgIpc) is 1.64. The summed E-state index contributed by atoms with van der Waals surface area (Å²) in [5, 5.41) is 25.7. The molecule has 0 spiro atoms. The fourth-order valence-corrected chi connectivity index (χ4v) is 22.3. The summed E-state index contributed by atoms with van der Waals surface area (Å²) in [5.41, 5.74) is 26.2. The molecular weight excluding hydrogens is 1720 g/mol. The van der Waals surface area contributed by atoms with Gasteiger partial charge in [0, 0.05) is 115 Å². The normalized spacial score (nSPS) is 12.4. The zero-order valence-corrected chi connectivity index (χ0v) is 76.6. The Kier molecular flexibility index (Phi) is 18.5. The van der Waals surface area contributed by atoms with E-state index in [4.69, 9.17) is 48.7 Å². The van der Waals surface area contributed by atoms with Gasteiger partial charge in [-0.2, -0.15) is 0 Å². The third-order valence-corrected chi connectivity index (χ3v) is 29.0. The Morgan fingerprint density at radius 1 is 0.163 bits per heavy atom. The number of furan rings is 2. The molecule has 1 aliphatic carbocycles. The minimum Gasteiger partial charge on any atom is -0.456 e. The SMILES string of the molecule is CC1(C)c2ccccc2-c2ccc(-c3nc(-c4ccccc4)nc(-c4ccc(-c5nc6ccccc6c6c(-c7ccc8c9ccccc9c9ccccc9c8c7)c7c(cc56)oc5ccccc57)cc4)n3)cc21.c1ccc(-c2ccc(-c3nc(-c4ccccc4)nc(-c4ccc(-c5nc6ccccc6c6c(-c7ccc8c9ccccc9c9ccccc9c8c7)c7c(cc56)oc5ccccc57)cc4)n3)cc2)cc1. The molecule has 6 aromatic heterocycles. The van der Waals surface area contributed by atoms with E-state index in [1.165, 1.54) is 86.9 Å². The molecule has 10 heteroatoms. The lowest BCUT2D eigenvalue weighted by molar-refractivity contribution is 0.660. The first-order valence-corrected chi connectivity index (χ1v) is 47.9. The lowest BCUT2D eigenvalue weighted by Gasteiger charge is -2.21. The van der Waals surface area contributed by atoms with Crippen molar-refractivity contribution in [1.29, 1.82) is 0 Å². The van der Waals surface area contributed by atoms with Gasteiger partial charge < -0.3 is 8.83 Å². The van der Waals surface area contributed by atoms with Crippen molar-refractivity contribution in [2.24, 2.45) is 0 Å². The van der Waals surface area contributed by atoms with Crippen LogP contribution in [0.25, 0.3) is 287 Å². The third-order valence-electron chi connectivity index (χ3n) is 29.0. The molecule has 0 fully saturated rings. The minimum absolute atomic E-state index is 0.159. The van der Waals surface area contributed by atoms with Gasteiger partial charge >= 0.3 is 0 Å². The van der Waals surface area contributed by atoms with Gasteiger partial charge in [-0.3, -0.25) is 0 Å². The van der Waals surface area contributed by atoms with Crippen molar-refractivity contribution in [3.05, 3.63) is 460 Å². The maximum Gasteiger partial charge on any atom is 0.164 e. The van der Waals surface area contributed by atoms with Crippen LogP contribution in [0.4, 0.5) is 0 Å². The molecule has 10 nitrogen and oxygen atoms in total. The summed E-state index contributed by atoms with van der Waals surface area (Å²) >= 11 is 0. The number of pyridine rings is 2. The van der Waals surface area contributed by atoms with Crippen LogP contribution in [0.5, 0.6) is 0 Å². The topological polar surface area (TPSA) is 129 Å². The Labute approximate surface area is 809 Å². The molecule has 1 aliphatic rings. The Bertz CT molecular complexity index is 10000. The number of fused-ring (bicyclic) bond motifs is 27. The van der Waals surface area contributed by atoms with Crippen molar-refractivity contribution < 1.29 is 8.83 Å². The Morgan fingerprint density at radius 2 is 0.440 bits per heavy atom. The number of hydrogen-bond donors (Lipinski definition) is 0. The van der Waals surface area contributed by atoms with Crippen LogP contribution in [0.3, 0.4) is 0 Å². The molecule has 0 unspecified atom stereocenters. The summed E-state index contributed by atoms with van der Waals surface area (Å²) in [6, 6.07) is 159. The number of nitrogens with zero attached hydrogens (tertiary/aromatic N) is 8. The number of para-hydroxylation sites is 4. The molecule has 29 rings (SSSR count). The van der Waals surface area contributed by atoms with Crippen LogP contribution in [0, 0.1) is 0 Å². The van der Waals surface area contributed by atoms with E-state index in [0.717, 1.165) is 177 Å². The second kappa shape index (κ2) is 32.3. The molecule has 0 atom stereocenters. The van der Waals surface area contributed by atoms with E-state index in [2.05, 4.69) is 396 Å². The summed E-state index contributed by atoms with van der Waals surface area (Å²) in [5.74, 6) is 3.69. The summed E-state index contributed by atoms with van der Waals surface area (Å²) in [7, 11) is 0. The van der Waals surface area contributed by atoms with Gasteiger partial charge in [-0.25, -0.2) is 39.9 Å². The summed E-state index contributed by atoms with van der Waals surface area (Å²) < 4.78 is 13.6. The Hall–Kier alpha value is -18.6. The van der Waals surface area contributed by atoms with Crippen LogP contribution >= 0.6 is 0 Å². The van der Waals surface area contributed by atoms with E-state index in [0.29, 0.717) is 34.9 Å². The van der Waals surface area contributed by atoms with Gasteiger partial charge in [0.1, 0.15) is 22.3 Å². The molecule has 0 radical (unpaired) electrons. The van der Waals surface area contributed by atoms with Crippen LogP contribution in [-0.2, 0) is 5.41 Å². The molecule has 6 heterocycles. The largest absolute Gasteiger partial charge is 0.456 e. The summed E-state index contributed by atoms with van der Waals surface area (Å²) in [6.07, 6.45) is 0. The van der Waals surface area contributed by atoms with Crippen molar-refractivity contribution in [3.8, 4) is 135 Å². The quantitative estimate of drug-likeness (QED) is 0.115. The van der Waals surface area contributed by atoms with Gasteiger partial charge in [0.25, 0.3) is 0 Å². The fourth-order valence-electron chi connectivity index (χ4n) is 22.3. The number of aromatic nitrogens is 8. The lowest BCUT2D eigenvalue weighted by atomic mass is 9.82. The maximum absolute atomic E-state index is 6.82. The van der Waals surface area contributed by atoms with Gasteiger partial charge in [0.05, 0.1) is 22.4 Å². The van der Waals surface area contributed by atoms with Crippen molar-refractivity contribution in [1.82, 2.24) is 39.9 Å². The number of hydrogen-bond acceptors (Lipinski definition) is 10. The zero-order chi connectivity index (χ0) is 93.1. The first kappa shape index (κ1) is 80.8. The van der Waals surface area contributed by atoms with E-state index in [9.17, 15) is 0 Å². The van der Waals surface area contributed by atoms with E-state index in [1.807, 2.05) is 66.7 Å². The predicted octanol–water partition coefficient (Wildman–Crippen LogP) is 34.5. The van der Waals surface area contributed by atoms with Gasteiger partial charge in [-0.05, 0) is 164 Å². The number of rotatable bonds is 11. The maximum atomic E-state index is 6.82. The van der Waals surface area contributed by atoms with E-state index < -0.39 is 0 Å². The van der Waals surface area contributed by atoms with E-state index >= 15 is 0 Å². The summed E-state index contributed by atoms with van der Waals surface area (Å²) in [4.78, 5) is 41.6. The van der Waals surface area contributed by atoms with E-state index in [1.54, 1.807) is 0 Å². The molecule has 28 aromatic rings. The highest BCUT2D eigenvalue weighted by molar-refractivity contribution is 6.33. The summed E-state index contributed by atoms with van der Waals surface area (Å²) in [6.45, 7) is 4.61. The molecule has 22 aromatic carbocycles. The molecule has 0 amide bonds. The van der Waals surface area contributed by atoms with Crippen LogP contribution in [0.15, 0.2) is 458 Å². The smallest absolute Gasteiger partial charge is 0.164 e. The minimum atomic E-state index is -0.159. The molecular formula is C131H80N8O2. The van der Waals surface area contributed by atoms with E-state index in [-0.39, 0.29) is 5.41 Å². The molecule has 656 valence electrons. The highest BCUT2D eigenvalue weighted by atomic mass is 16.3. The van der Waals surface area contributed by atoms with Crippen molar-refractivity contribution in [3.63, 3.8) is 0 Å². The molecule has 0 aliphatic heterocycles. The van der Waals surface area contributed by atoms with Gasteiger partial charge in [-0.1, -0.05) is 408 Å². The molecule has 0 bridgehead atoms. The molecule has 0 saturated carbocycles. The highest BCUT2D eigenvalue weighted by Gasteiger charge is 2.36. The van der Waals surface area contributed by atoms with Crippen molar-refractivity contribution in [2.75, 3.05) is 0 Å². The van der Waals surface area contributed by atoms with Gasteiger partial charge in [0.2, 0.25) is 0 Å². The monoisotopic (exact) mass is 1800 g/mol. The lowest BCUT2D eigenvalue weighted by Crippen LogP contribution is -2.15. The van der Waals surface area contributed by atoms with Crippen molar-refractivity contribution in [2.45, 2.75) is 19.3 Å². The Balaban J connectivity index is 0.000000138.